The Kier molecular flexibility index (Phi) is 8.06. The van der Waals surface area contributed by atoms with E-state index >= 15 is 0 Å². The molecule has 1 aliphatic heterocycles. The molecule has 0 radical (unpaired) electrons. The molecule has 3 rings (SSSR count). The van der Waals surface area contributed by atoms with Gasteiger partial charge in [-0.1, -0.05) is 25.1 Å². The zero-order valence-electron chi connectivity index (χ0n) is 17.9. The van der Waals surface area contributed by atoms with Gasteiger partial charge in [0, 0.05) is 19.6 Å². The van der Waals surface area contributed by atoms with Crippen LogP contribution in [-0.2, 0) is 4.79 Å². The van der Waals surface area contributed by atoms with Crippen molar-refractivity contribution in [3.05, 3.63) is 52.2 Å². The van der Waals surface area contributed by atoms with Crippen molar-refractivity contribution in [1.29, 1.82) is 0 Å². The summed E-state index contributed by atoms with van der Waals surface area (Å²) in [6.07, 6.45) is 2.09. The molecule has 1 atom stereocenters. The first-order chi connectivity index (χ1) is 15.0. The van der Waals surface area contributed by atoms with Gasteiger partial charge in [0.15, 0.2) is 0 Å². The second-order valence-corrected chi connectivity index (χ2v) is 8.50. The molecule has 1 saturated heterocycles. The van der Waals surface area contributed by atoms with E-state index in [4.69, 9.17) is 4.74 Å². The summed E-state index contributed by atoms with van der Waals surface area (Å²) in [5.41, 5.74) is 0.534. The Bertz CT molecular complexity index is 892. The summed E-state index contributed by atoms with van der Waals surface area (Å²) in [7, 11) is 1.55. The van der Waals surface area contributed by atoms with Crippen molar-refractivity contribution in [3.8, 4) is 5.75 Å². The monoisotopic (exact) mass is 443 g/mol. The highest BCUT2D eigenvalue weighted by atomic mass is 32.1. The number of amides is 3. The smallest absolute Gasteiger partial charge is 0.262 e. The Morgan fingerprint density at radius 2 is 1.90 bits per heavy atom. The minimum absolute atomic E-state index is 0.0394. The van der Waals surface area contributed by atoms with Gasteiger partial charge < -0.3 is 20.3 Å². The fraction of sp³-hybridized carbons (Fsp3) is 0.435. The Labute approximate surface area is 186 Å². The number of benzene rings is 1. The third-order valence-electron chi connectivity index (χ3n) is 5.50. The van der Waals surface area contributed by atoms with Crippen molar-refractivity contribution < 1.29 is 19.1 Å². The lowest BCUT2D eigenvalue weighted by Gasteiger charge is -2.36. The molecule has 0 spiro atoms. The number of carbonyl (C=O) groups is 3. The molecule has 166 valence electrons. The number of ether oxygens (including phenoxy) is 1. The summed E-state index contributed by atoms with van der Waals surface area (Å²) >= 11 is 1.35. The zero-order valence-corrected chi connectivity index (χ0v) is 18.7. The number of hydrogen-bond acceptors (Lipinski definition) is 5. The molecule has 8 heteroatoms. The van der Waals surface area contributed by atoms with E-state index < -0.39 is 6.04 Å². The van der Waals surface area contributed by atoms with Crippen molar-refractivity contribution in [3.63, 3.8) is 0 Å². The van der Waals surface area contributed by atoms with Crippen LogP contribution in [0.5, 0.6) is 5.75 Å². The Balaban J connectivity index is 1.67. The average molecular weight is 444 g/mol. The number of nitrogens with zero attached hydrogens (tertiary/aromatic N) is 1. The van der Waals surface area contributed by atoms with Crippen molar-refractivity contribution in [1.82, 2.24) is 15.5 Å². The summed E-state index contributed by atoms with van der Waals surface area (Å²) in [6.45, 7) is 3.60. The molecule has 0 bridgehead atoms. The zero-order chi connectivity index (χ0) is 22.2. The highest BCUT2D eigenvalue weighted by Gasteiger charge is 2.34. The number of methoxy groups -OCH3 is 1. The van der Waals surface area contributed by atoms with Crippen LogP contribution in [0.15, 0.2) is 41.8 Å². The molecule has 1 unspecified atom stereocenters. The maximum Gasteiger partial charge on any atom is 0.262 e. The molecule has 1 aliphatic rings. The van der Waals surface area contributed by atoms with Gasteiger partial charge in [0.25, 0.3) is 11.8 Å². The topological polar surface area (TPSA) is 87.7 Å². The van der Waals surface area contributed by atoms with Crippen LogP contribution >= 0.6 is 11.3 Å². The molecule has 3 amide bonds. The van der Waals surface area contributed by atoms with Gasteiger partial charge in [-0.3, -0.25) is 14.4 Å². The Hall–Kier alpha value is -2.87. The standard InChI is InChI=1S/C23H29N3O4S/c1-3-12-24-22(28)20(25-21(27)19-9-6-15-31-19)16-10-13-26(14-11-16)23(29)17-7-4-5-8-18(17)30-2/h4-9,15-16,20H,3,10-14H2,1-2H3,(H,24,28)(H,25,27). The molecule has 1 fully saturated rings. The first kappa shape index (κ1) is 22.8. The van der Waals surface area contributed by atoms with E-state index in [0.717, 1.165) is 6.42 Å². The summed E-state index contributed by atoms with van der Waals surface area (Å²) in [4.78, 5) is 40.7. The number of thiophene rings is 1. The summed E-state index contributed by atoms with van der Waals surface area (Å²) in [5.74, 6) is 0.0306. The van der Waals surface area contributed by atoms with E-state index in [-0.39, 0.29) is 23.6 Å². The Morgan fingerprint density at radius 1 is 1.16 bits per heavy atom. The number of hydrogen-bond donors (Lipinski definition) is 2. The van der Waals surface area contributed by atoms with Crippen LogP contribution in [0, 0.1) is 5.92 Å². The maximum atomic E-state index is 13.0. The molecule has 0 saturated carbocycles. The first-order valence-electron chi connectivity index (χ1n) is 10.6. The van der Waals surface area contributed by atoms with Crippen LogP contribution < -0.4 is 15.4 Å². The second kappa shape index (κ2) is 10.9. The highest BCUT2D eigenvalue weighted by Crippen LogP contribution is 2.26. The van der Waals surface area contributed by atoms with E-state index in [1.54, 1.807) is 30.2 Å². The molecule has 31 heavy (non-hydrogen) atoms. The van der Waals surface area contributed by atoms with E-state index in [0.29, 0.717) is 48.7 Å². The van der Waals surface area contributed by atoms with Crippen LogP contribution in [0.25, 0.3) is 0 Å². The number of carbonyl (C=O) groups excluding carboxylic acids is 3. The number of piperidine rings is 1. The predicted octanol–water partition coefficient (Wildman–Crippen LogP) is 2.93. The van der Waals surface area contributed by atoms with Gasteiger partial charge in [-0.05, 0) is 48.8 Å². The molecular formula is C23H29N3O4S. The first-order valence-corrected chi connectivity index (χ1v) is 11.5. The van der Waals surface area contributed by atoms with Gasteiger partial charge in [0.2, 0.25) is 5.91 Å². The van der Waals surface area contributed by atoms with Crippen LogP contribution in [0.4, 0.5) is 0 Å². The fourth-order valence-electron chi connectivity index (χ4n) is 3.80. The summed E-state index contributed by atoms with van der Waals surface area (Å²) in [6, 6.07) is 10.1. The van der Waals surface area contributed by atoms with E-state index in [1.807, 2.05) is 30.5 Å². The van der Waals surface area contributed by atoms with Gasteiger partial charge in [0.1, 0.15) is 11.8 Å². The van der Waals surface area contributed by atoms with E-state index in [9.17, 15) is 14.4 Å². The molecular weight excluding hydrogens is 414 g/mol. The number of nitrogens with one attached hydrogen (secondary N) is 2. The van der Waals surface area contributed by atoms with Crippen LogP contribution in [0.1, 0.15) is 46.2 Å². The minimum atomic E-state index is -0.621. The molecule has 2 N–H and O–H groups in total. The second-order valence-electron chi connectivity index (χ2n) is 7.55. The minimum Gasteiger partial charge on any atom is -0.496 e. The SMILES string of the molecule is CCCNC(=O)C(NC(=O)c1cccs1)C1CCN(C(=O)c2ccccc2OC)CC1. The normalized spacial score (nSPS) is 15.2. The third kappa shape index (κ3) is 5.64. The molecule has 7 nitrogen and oxygen atoms in total. The lowest BCUT2D eigenvalue weighted by molar-refractivity contribution is -0.124. The van der Waals surface area contributed by atoms with Gasteiger partial charge in [0.05, 0.1) is 17.6 Å². The van der Waals surface area contributed by atoms with Gasteiger partial charge in [-0.15, -0.1) is 11.3 Å². The van der Waals surface area contributed by atoms with Crippen LogP contribution in [0.3, 0.4) is 0 Å². The number of para-hydroxylation sites is 1. The Morgan fingerprint density at radius 3 is 2.55 bits per heavy atom. The average Bonchev–Trinajstić information content (AvgIpc) is 3.35. The van der Waals surface area contributed by atoms with Crippen molar-refractivity contribution in [2.24, 2.45) is 5.92 Å². The number of likely N-dealkylation sites (tertiary alicyclic amines) is 1. The lowest BCUT2D eigenvalue weighted by atomic mass is 9.88. The van der Waals surface area contributed by atoms with E-state index in [2.05, 4.69) is 10.6 Å². The maximum absolute atomic E-state index is 13.0. The van der Waals surface area contributed by atoms with Crippen LogP contribution in [0.2, 0.25) is 0 Å². The van der Waals surface area contributed by atoms with Gasteiger partial charge >= 0.3 is 0 Å². The summed E-state index contributed by atoms with van der Waals surface area (Å²) < 4.78 is 5.32. The quantitative estimate of drug-likeness (QED) is 0.657. The van der Waals surface area contributed by atoms with Crippen molar-refractivity contribution in [2.75, 3.05) is 26.7 Å². The van der Waals surface area contributed by atoms with Crippen LogP contribution in [-0.4, -0.2) is 55.4 Å². The predicted molar refractivity (Wildman–Crippen MR) is 120 cm³/mol. The van der Waals surface area contributed by atoms with Crippen molar-refractivity contribution in [2.45, 2.75) is 32.2 Å². The molecule has 2 heterocycles. The number of rotatable bonds is 8. The highest BCUT2D eigenvalue weighted by molar-refractivity contribution is 7.12. The van der Waals surface area contributed by atoms with Crippen molar-refractivity contribution >= 4 is 29.1 Å². The van der Waals surface area contributed by atoms with Gasteiger partial charge in [-0.2, -0.15) is 0 Å². The molecule has 0 aliphatic carbocycles. The fourth-order valence-corrected chi connectivity index (χ4v) is 4.43. The third-order valence-corrected chi connectivity index (χ3v) is 6.37. The van der Waals surface area contributed by atoms with E-state index in [1.165, 1.54) is 11.3 Å². The molecule has 2 aromatic rings. The summed E-state index contributed by atoms with van der Waals surface area (Å²) in [5, 5.41) is 7.67. The largest absolute Gasteiger partial charge is 0.496 e. The van der Waals surface area contributed by atoms with Gasteiger partial charge in [-0.25, -0.2) is 0 Å². The molecule has 1 aromatic heterocycles. The lowest BCUT2D eigenvalue weighted by Crippen LogP contribution is -2.53. The molecule has 1 aromatic carbocycles.